The number of unbranched alkanes of at least 4 members (excludes halogenated alkanes) is 1. The zero-order valence-electron chi connectivity index (χ0n) is 22.6. The molecule has 0 saturated heterocycles. The largest absolute Gasteiger partial charge is 0.508 e. The first-order chi connectivity index (χ1) is 18.4. The van der Waals surface area contributed by atoms with Gasteiger partial charge in [-0.15, -0.1) is 0 Å². The van der Waals surface area contributed by atoms with Gasteiger partial charge in [0.15, 0.2) is 0 Å². The number of nitrogens with one attached hydrogen (secondary N) is 4. The Morgan fingerprint density at radius 2 is 1.67 bits per heavy atom. The molecule has 13 heteroatoms. The average molecular weight is 548 g/mol. The highest BCUT2D eigenvalue weighted by Gasteiger charge is 2.29. The number of Topliss-reactive ketones (excluding diaryl/α,β-unsaturated/α-hetero) is 1. The maximum absolute atomic E-state index is 13.2. The number of benzene rings is 1. The van der Waals surface area contributed by atoms with E-state index in [2.05, 4.69) is 20.7 Å². The van der Waals surface area contributed by atoms with Crippen LogP contribution in [0.25, 0.3) is 0 Å². The Kier molecular flexibility index (Phi) is 14.7. The van der Waals surface area contributed by atoms with E-state index >= 15 is 0 Å². The Balaban J connectivity index is 2.97. The number of ketones is 1. The first kappa shape index (κ1) is 32.9. The van der Waals surface area contributed by atoms with Crippen LogP contribution in [0, 0.1) is 5.53 Å². The molecule has 39 heavy (non-hydrogen) atoms. The fraction of sp³-hybridized carbons (Fsp3) is 0.538. The van der Waals surface area contributed by atoms with E-state index in [0.717, 1.165) is 6.21 Å². The topological polar surface area (TPSA) is 215 Å². The lowest BCUT2D eigenvalue weighted by atomic mass is 10.0. The van der Waals surface area contributed by atoms with Gasteiger partial charge in [-0.3, -0.25) is 19.2 Å². The lowest BCUT2D eigenvalue weighted by Gasteiger charge is -2.24. The van der Waals surface area contributed by atoms with Crippen LogP contribution in [0.1, 0.15) is 58.4 Å². The number of carbonyl (C=O) groups excluding carboxylic acids is 5. The number of amides is 3. The molecule has 0 bridgehead atoms. The van der Waals surface area contributed by atoms with E-state index in [9.17, 15) is 29.1 Å². The number of esters is 1. The number of phenols is 1. The molecule has 0 aliphatic carbocycles. The average Bonchev–Trinajstić information content (AvgIpc) is 2.86. The summed E-state index contributed by atoms with van der Waals surface area (Å²) in [5.74, 6) is -2.60. The molecular formula is C26H39N6O7+. The van der Waals surface area contributed by atoms with Crippen LogP contribution < -0.4 is 21.7 Å². The molecule has 214 valence electrons. The van der Waals surface area contributed by atoms with Gasteiger partial charge < -0.3 is 31.5 Å². The number of rotatable bonds is 17. The summed E-state index contributed by atoms with van der Waals surface area (Å²) in [6, 6.07) is 2.99. The van der Waals surface area contributed by atoms with Crippen molar-refractivity contribution in [1.29, 1.82) is 5.53 Å². The van der Waals surface area contributed by atoms with Gasteiger partial charge in [-0.2, -0.15) is 0 Å². The molecule has 1 aromatic rings. The minimum atomic E-state index is -1.17. The summed E-state index contributed by atoms with van der Waals surface area (Å²) in [7, 11) is 0. The second-order valence-corrected chi connectivity index (χ2v) is 9.33. The van der Waals surface area contributed by atoms with E-state index in [0.29, 0.717) is 24.9 Å². The van der Waals surface area contributed by atoms with Gasteiger partial charge in [-0.1, -0.05) is 12.1 Å². The van der Waals surface area contributed by atoms with Crippen LogP contribution in [0.15, 0.2) is 24.3 Å². The van der Waals surface area contributed by atoms with Gasteiger partial charge in [0.1, 0.15) is 17.8 Å². The summed E-state index contributed by atoms with van der Waals surface area (Å²) in [4.78, 5) is 64.5. The van der Waals surface area contributed by atoms with Crippen molar-refractivity contribution in [3.63, 3.8) is 0 Å². The van der Waals surface area contributed by atoms with Crippen molar-refractivity contribution in [2.24, 2.45) is 5.73 Å². The van der Waals surface area contributed by atoms with E-state index in [1.165, 1.54) is 19.1 Å². The highest BCUT2D eigenvalue weighted by Crippen LogP contribution is 2.12. The van der Waals surface area contributed by atoms with Crippen LogP contribution in [-0.4, -0.2) is 76.4 Å². The maximum atomic E-state index is 13.2. The predicted molar refractivity (Wildman–Crippen MR) is 141 cm³/mol. The van der Waals surface area contributed by atoms with E-state index < -0.39 is 47.8 Å². The third-order valence-corrected chi connectivity index (χ3v) is 5.50. The monoisotopic (exact) mass is 547 g/mol. The fourth-order valence-electron chi connectivity index (χ4n) is 3.52. The van der Waals surface area contributed by atoms with Crippen molar-refractivity contribution in [1.82, 2.24) is 16.0 Å². The lowest BCUT2D eigenvalue weighted by molar-refractivity contribution is -0.152. The van der Waals surface area contributed by atoms with Crippen molar-refractivity contribution >= 4 is 35.7 Å². The molecule has 0 aliphatic heterocycles. The van der Waals surface area contributed by atoms with Crippen LogP contribution in [0.4, 0.5) is 0 Å². The molecule has 0 radical (unpaired) electrons. The van der Waals surface area contributed by atoms with Crippen LogP contribution in [0.2, 0.25) is 0 Å². The number of nitrogens with two attached hydrogens (primary N) is 1. The Morgan fingerprint density at radius 3 is 2.26 bits per heavy atom. The van der Waals surface area contributed by atoms with Crippen LogP contribution >= 0.6 is 0 Å². The van der Waals surface area contributed by atoms with Crippen molar-refractivity contribution in [2.75, 3.05) is 6.54 Å². The highest BCUT2D eigenvalue weighted by molar-refractivity contribution is 6.25. The SMILES string of the molecule is CC(=O)NCCCC[C@H](NC(=O)[C@@H](N)Cc1ccc(O)cc1)C(=O)N[C@@H](CCC(=O)C=[N+]=N)C(=O)OC(C)C. The van der Waals surface area contributed by atoms with Gasteiger partial charge in [0, 0.05) is 19.9 Å². The van der Waals surface area contributed by atoms with Crippen molar-refractivity contribution in [3.05, 3.63) is 29.8 Å². The number of ether oxygens (including phenoxy) is 1. The Morgan fingerprint density at radius 1 is 1.03 bits per heavy atom. The van der Waals surface area contributed by atoms with Crippen LogP contribution in [-0.2, 0) is 35.1 Å². The van der Waals surface area contributed by atoms with Crippen molar-refractivity contribution < 1.29 is 38.6 Å². The van der Waals surface area contributed by atoms with Gasteiger partial charge >= 0.3 is 12.2 Å². The number of phenolic OH excluding ortho intramolecular Hbond substituents is 1. The fourth-order valence-corrected chi connectivity index (χ4v) is 3.52. The summed E-state index contributed by atoms with van der Waals surface area (Å²) < 4.78 is 5.21. The van der Waals surface area contributed by atoms with E-state index in [1.807, 2.05) is 0 Å². The van der Waals surface area contributed by atoms with Gasteiger partial charge in [0.05, 0.1) is 22.5 Å². The summed E-state index contributed by atoms with van der Waals surface area (Å²) in [5.41, 5.74) is 13.5. The zero-order chi connectivity index (χ0) is 29.4. The zero-order valence-corrected chi connectivity index (χ0v) is 22.6. The quantitative estimate of drug-likeness (QED) is 0.0517. The highest BCUT2D eigenvalue weighted by atomic mass is 16.5. The maximum Gasteiger partial charge on any atom is 0.372 e. The van der Waals surface area contributed by atoms with Crippen LogP contribution in [0.5, 0.6) is 5.75 Å². The molecular weight excluding hydrogens is 508 g/mol. The Bertz CT molecular complexity index is 1040. The summed E-state index contributed by atoms with van der Waals surface area (Å²) >= 11 is 0. The predicted octanol–water partition coefficient (Wildman–Crippen LogP) is 0.149. The van der Waals surface area contributed by atoms with Crippen molar-refractivity contribution in [2.45, 2.75) is 83.5 Å². The molecule has 3 amide bonds. The Hall–Kier alpha value is -4.09. The number of hydrogen-bond acceptors (Lipinski definition) is 9. The molecule has 0 unspecified atom stereocenters. The second kappa shape index (κ2) is 17.4. The molecule has 3 atom stereocenters. The molecule has 0 saturated carbocycles. The second-order valence-electron chi connectivity index (χ2n) is 9.33. The number of carbonyl (C=O) groups is 5. The van der Waals surface area contributed by atoms with Crippen LogP contribution in [0.3, 0.4) is 0 Å². The third kappa shape index (κ3) is 13.9. The lowest BCUT2D eigenvalue weighted by Crippen LogP contribution is -2.55. The molecule has 1 aromatic carbocycles. The summed E-state index contributed by atoms with van der Waals surface area (Å²) in [5, 5.41) is 17.3. The van der Waals surface area contributed by atoms with E-state index in [1.54, 1.807) is 26.0 Å². The van der Waals surface area contributed by atoms with Crippen molar-refractivity contribution in [3.8, 4) is 5.75 Å². The Labute approximate surface area is 227 Å². The van der Waals surface area contributed by atoms with Gasteiger partial charge in [-0.25, -0.2) is 4.79 Å². The number of aromatic hydroxyl groups is 1. The third-order valence-electron chi connectivity index (χ3n) is 5.50. The van der Waals surface area contributed by atoms with E-state index in [4.69, 9.17) is 16.0 Å². The first-order valence-corrected chi connectivity index (χ1v) is 12.7. The van der Waals surface area contributed by atoms with Gasteiger partial charge in [0.25, 0.3) is 0 Å². The van der Waals surface area contributed by atoms with E-state index in [-0.39, 0.29) is 37.3 Å². The molecule has 13 nitrogen and oxygen atoms in total. The normalized spacial score (nSPS) is 12.8. The van der Waals surface area contributed by atoms with Gasteiger partial charge in [0.2, 0.25) is 23.5 Å². The summed E-state index contributed by atoms with van der Waals surface area (Å²) in [6.07, 6.45) is 1.44. The molecule has 0 aliphatic rings. The molecule has 7 N–H and O–H groups in total. The number of nitrogens with zero attached hydrogens (tertiary/aromatic N) is 1. The molecule has 0 fully saturated rings. The number of hydrogen-bond donors (Lipinski definition) is 6. The first-order valence-electron chi connectivity index (χ1n) is 12.7. The molecule has 0 aromatic heterocycles. The molecule has 0 spiro atoms. The standard InChI is InChI=1S/C26H38N6O7/c1-16(2)39-26(38)23(12-11-20(35)15-30-28)32-25(37)22(6-4-5-13-29-17(3)33)31-24(36)21(27)14-18-7-9-19(34)10-8-18/h7-10,15-16,21-23,28H,4-6,11-14,27H2,1-3H3,(H3-,29,31,32,33,34,36,37)/p+1/t21-,22-,23-/m0/s1. The summed E-state index contributed by atoms with van der Waals surface area (Å²) in [6.45, 7) is 5.06. The smallest absolute Gasteiger partial charge is 0.372 e. The minimum Gasteiger partial charge on any atom is -0.508 e. The minimum absolute atomic E-state index is 0.0759. The molecule has 0 heterocycles. The molecule has 1 rings (SSSR count). The van der Waals surface area contributed by atoms with Gasteiger partial charge in [-0.05, 0) is 63.6 Å².